The minimum absolute atomic E-state index is 3.97. The number of hydrogen-bond acceptors (Lipinski definition) is 5. The predicted molar refractivity (Wildman–Crippen MR) is 32.2 cm³/mol. The van der Waals surface area contributed by atoms with E-state index in [1.54, 1.807) is 0 Å². The zero-order valence-corrected chi connectivity index (χ0v) is 4.74. The molecule has 5 nitrogen and oxygen atoms in total. The lowest BCUT2D eigenvalue weighted by Crippen LogP contribution is -2.41. The Morgan fingerprint density at radius 3 is 1.60 bits per heavy atom. The molecule has 5 N–H and O–H groups in total. The van der Waals surface area contributed by atoms with Crippen molar-refractivity contribution < 1.29 is 35.1 Å². The van der Waals surface area contributed by atoms with Crippen molar-refractivity contribution in [3.63, 3.8) is 0 Å². The van der Waals surface area contributed by atoms with E-state index in [4.69, 9.17) is 30.0 Å². The number of rotatable bonds is 4. The van der Waals surface area contributed by atoms with Crippen molar-refractivity contribution in [1.82, 2.24) is 0 Å². The van der Waals surface area contributed by atoms with E-state index in [9.17, 15) is 5.11 Å². The maximum absolute atomic E-state index is 9.23. The molecule has 2 atom stereocenters. The fraction of sp³-hybridized carbons (Fsp3) is 1.00. The first-order valence-electron chi connectivity index (χ1n) is 5.62. The van der Waals surface area contributed by atoms with E-state index in [0.29, 0.717) is 0 Å². The molecule has 0 aliphatic heterocycles. The van der Waals surface area contributed by atoms with Crippen molar-refractivity contribution in [3.05, 3.63) is 0 Å². The van der Waals surface area contributed by atoms with Crippen LogP contribution in [0.15, 0.2) is 0 Å². The highest BCUT2D eigenvalue weighted by Crippen LogP contribution is 1.97. The highest BCUT2D eigenvalue weighted by molar-refractivity contribution is 4.73. The Morgan fingerprint density at radius 1 is 1.10 bits per heavy atom. The van der Waals surface area contributed by atoms with Crippen molar-refractivity contribution in [3.8, 4) is 0 Å². The van der Waals surface area contributed by atoms with E-state index < -0.39 is 31.4 Å². The summed E-state index contributed by atoms with van der Waals surface area (Å²) in [5.41, 5.74) is 0. The van der Waals surface area contributed by atoms with Crippen LogP contribution in [-0.4, -0.2) is 56.9 Å². The molecule has 0 bridgehead atoms. The summed E-state index contributed by atoms with van der Waals surface area (Å²) < 4.78 is 46.9. The average molecular weight is 159 g/mol. The second-order valence-corrected chi connectivity index (χ2v) is 1.27. The van der Waals surface area contributed by atoms with Crippen LogP contribution in [0.4, 0.5) is 0 Å². The zero-order chi connectivity index (χ0) is 14.5. The molecular weight excluding hydrogens is 140 g/mol. The van der Waals surface area contributed by atoms with E-state index in [2.05, 4.69) is 0 Å². The third kappa shape index (κ3) is 2.59. The maximum atomic E-state index is 9.23. The molecule has 0 saturated heterocycles. The van der Waals surface area contributed by atoms with Crippen LogP contribution in [-0.2, 0) is 0 Å². The lowest BCUT2D eigenvalue weighted by Gasteiger charge is -2.19. The topological polar surface area (TPSA) is 101 Å². The van der Waals surface area contributed by atoms with Gasteiger partial charge in [0.15, 0.2) is 0 Å². The molecule has 0 spiro atoms. The Bertz CT molecular complexity index is 262. The lowest BCUT2D eigenvalue weighted by molar-refractivity contribution is -0.0900. The van der Waals surface area contributed by atoms with E-state index >= 15 is 0 Å². The summed E-state index contributed by atoms with van der Waals surface area (Å²) in [5.74, 6) is 0. The summed E-state index contributed by atoms with van der Waals surface area (Å²) in [6, 6.07) is 0. The van der Waals surface area contributed by atoms with Gasteiger partial charge in [0.1, 0.15) is 18.2 Å². The molecule has 0 aromatic carbocycles. The second-order valence-electron chi connectivity index (χ2n) is 1.27. The fourth-order valence-corrected chi connectivity index (χ4v) is 0.218. The zero-order valence-electron chi connectivity index (χ0n) is 11.7. The molecule has 0 fully saturated rings. The van der Waals surface area contributed by atoms with Gasteiger partial charge in [-0.05, 0) is 0 Å². The number of hydrogen-bond donors (Lipinski definition) is 5. The average Bonchev–Trinajstić information content (AvgIpc) is 1.98. The van der Waals surface area contributed by atoms with Crippen LogP contribution in [0.1, 0.15) is 9.60 Å². The molecule has 5 heteroatoms. The van der Waals surface area contributed by atoms with E-state index in [1.165, 1.54) is 0 Å². The van der Waals surface area contributed by atoms with E-state index in [1.807, 2.05) is 0 Å². The number of aliphatic hydroxyl groups is 5. The first-order chi connectivity index (χ1) is 7.00. The van der Waals surface area contributed by atoms with Crippen molar-refractivity contribution in [1.29, 1.82) is 0 Å². The first-order valence-corrected chi connectivity index (χ1v) is 2.12. The lowest BCUT2D eigenvalue weighted by atomic mass is 10.1. The largest absolute Gasteiger partial charge is 0.394 e. The van der Waals surface area contributed by atoms with Gasteiger partial charge < -0.3 is 25.5 Å². The van der Waals surface area contributed by atoms with Gasteiger partial charge >= 0.3 is 0 Å². The van der Waals surface area contributed by atoms with E-state index in [-0.39, 0.29) is 0 Å². The van der Waals surface area contributed by atoms with Gasteiger partial charge in [0.05, 0.1) is 22.7 Å². The maximum Gasteiger partial charge on any atom is 0.110 e. The van der Waals surface area contributed by atoms with Gasteiger partial charge in [-0.2, -0.15) is 0 Å². The van der Waals surface area contributed by atoms with Crippen molar-refractivity contribution in [2.75, 3.05) is 13.1 Å². The van der Waals surface area contributed by atoms with Gasteiger partial charge in [-0.15, -0.1) is 0 Å². The SMILES string of the molecule is [2H]C([2H])(O)[C@@]([2H])(O)C([2H])(O)[C@]([2H])(O)C([2H])([2H])O. The minimum atomic E-state index is -4.30. The smallest absolute Gasteiger partial charge is 0.110 e. The monoisotopic (exact) mass is 159 g/mol. The van der Waals surface area contributed by atoms with Gasteiger partial charge in [-0.1, -0.05) is 0 Å². The van der Waals surface area contributed by atoms with Crippen LogP contribution >= 0.6 is 0 Å². The Hall–Kier alpha value is -0.200. The summed E-state index contributed by atoms with van der Waals surface area (Å²) in [4.78, 5) is 0. The molecule has 0 rings (SSSR count). The summed E-state index contributed by atoms with van der Waals surface area (Å²) in [6.07, 6.45) is -12.7. The second kappa shape index (κ2) is 4.59. The molecule has 0 aliphatic rings. The molecule has 0 saturated carbocycles. The van der Waals surface area contributed by atoms with Crippen LogP contribution in [0.2, 0.25) is 0 Å². The highest BCUT2D eigenvalue weighted by Gasteiger charge is 2.22. The molecule has 0 aromatic rings. The molecule has 0 aliphatic carbocycles. The summed E-state index contributed by atoms with van der Waals surface area (Å²) in [5, 5.41) is 44.9. The normalized spacial score (nSPS) is 37.9. The summed E-state index contributed by atoms with van der Waals surface area (Å²) >= 11 is 0. The van der Waals surface area contributed by atoms with E-state index in [0.717, 1.165) is 0 Å². The summed E-state index contributed by atoms with van der Waals surface area (Å²) in [7, 11) is 0. The van der Waals surface area contributed by atoms with Crippen molar-refractivity contribution >= 4 is 0 Å². The van der Waals surface area contributed by atoms with Gasteiger partial charge in [0, 0.05) is 0 Å². The molecule has 0 aromatic heterocycles. The third-order valence-electron chi connectivity index (χ3n) is 0.660. The Labute approximate surface area is 68.0 Å². The van der Waals surface area contributed by atoms with Gasteiger partial charge in [-0.3, -0.25) is 0 Å². The third-order valence-corrected chi connectivity index (χ3v) is 0.660. The van der Waals surface area contributed by atoms with Crippen LogP contribution in [0.3, 0.4) is 0 Å². The Kier molecular flexibility index (Phi) is 1.40. The first kappa shape index (κ1) is 3.04. The van der Waals surface area contributed by atoms with Gasteiger partial charge in [0.2, 0.25) is 0 Å². The van der Waals surface area contributed by atoms with Crippen LogP contribution in [0.25, 0.3) is 0 Å². The quantitative estimate of drug-likeness (QED) is 0.302. The van der Waals surface area contributed by atoms with Crippen LogP contribution < -0.4 is 0 Å². The fourth-order valence-electron chi connectivity index (χ4n) is 0.218. The Balaban J connectivity index is 5.73. The Morgan fingerprint density at radius 2 is 1.40 bits per heavy atom. The van der Waals surface area contributed by atoms with Gasteiger partial charge in [-0.25, -0.2) is 0 Å². The molecule has 0 amide bonds. The standard InChI is InChI=1S/C5H12O5/c6-1-3(8)5(10)4(9)2-7/h3-10H,1-2H2/t3-,4-/m1/s1/i1D2,2D2,3D,4D,5D. The molecule has 10 heavy (non-hydrogen) atoms. The van der Waals surface area contributed by atoms with Gasteiger partial charge in [0.25, 0.3) is 0 Å². The van der Waals surface area contributed by atoms with Crippen LogP contribution in [0.5, 0.6) is 0 Å². The molecule has 0 radical (unpaired) electrons. The van der Waals surface area contributed by atoms with Crippen LogP contribution in [0, 0.1) is 0 Å². The molecule has 0 unspecified atom stereocenters. The molecular formula is C5H12O5. The molecule has 0 heterocycles. The summed E-state index contributed by atoms with van der Waals surface area (Å²) in [6.45, 7) is -7.94. The highest BCUT2D eigenvalue weighted by atomic mass is 16.4. The van der Waals surface area contributed by atoms with Crippen molar-refractivity contribution in [2.45, 2.75) is 18.2 Å². The predicted octanol–water partition coefficient (Wildman–Crippen LogP) is -2.95. The molecule has 62 valence electrons. The minimum Gasteiger partial charge on any atom is -0.394 e. The van der Waals surface area contributed by atoms with Crippen molar-refractivity contribution in [2.24, 2.45) is 0 Å².